The number of hydrogen-bond acceptors (Lipinski definition) is 3. The Labute approximate surface area is 171 Å². The van der Waals surface area contributed by atoms with Crippen LogP contribution in [-0.2, 0) is 6.42 Å². The van der Waals surface area contributed by atoms with Gasteiger partial charge in [-0.2, -0.15) is 0 Å². The van der Waals surface area contributed by atoms with Crippen molar-refractivity contribution >= 4 is 0 Å². The van der Waals surface area contributed by atoms with Crippen LogP contribution in [0.5, 0.6) is 0 Å². The van der Waals surface area contributed by atoms with Gasteiger partial charge in [-0.25, -0.2) is 0 Å². The molecule has 6 rings (SSSR count). The van der Waals surface area contributed by atoms with E-state index in [1.807, 2.05) is 0 Å². The van der Waals surface area contributed by atoms with E-state index in [0.717, 1.165) is 36.1 Å². The van der Waals surface area contributed by atoms with Crippen LogP contribution in [0.1, 0.15) is 50.5 Å². The summed E-state index contributed by atoms with van der Waals surface area (Å²) in [6.45, 7) is 5.14. The zero-order valence-corrected chi connectivity index (χ0v) is 17.4. The van der Waals surface area contributed by atoms with E-state index in [4.69, 9.17) is 0 Å². The molecule has 1 aliphatic heterocycles. The lowest BCUT2D eigenvalue weighted by Gasteiger charge is -2.59. The third kappa shape index (κ3) is 3.91. The lowest BCUT2D eigenvalue weighted by Crippen LogP contribution is -2.62. The van der Waals surface area contributed by atoms with E-state index in [1.165, 1.54) is 70.3 Å². The van der Waals surface area contributed by atoms with Crippen LogP contribution in [-0.4, -0.2) is 59.8 Å². The Kier molecular flexibility index (Phi) is 5.76. The highest BCUT2D eigenvalue weighted by molar-refractivity contribution is 5.14. The summed E-state index contributed by atoms with van der Waals surface area (Å²) in [4.78, 5) is 5.56. The number of aliphatic hydroxyl groups is 1. The van der Waals surface area contributed by atoms with E-state index in [2.05, 4.69) is 40.1 Å². The van der Waals surface area contributed by atoms with Crippen molar-refractivity contribution in [3.63, 3.8) is 0 Å². The Bertz CT molecular complexity index is 605. The molecule has 5 fully saturated rings. The lowest BCUT2D eigenvalue weighted by molar-refractivity contribution is -0.0866. The molecule has 1 unspecified atom stereocenters. The Morgan fingerprint density at radius 3 is 2.29 bits per heavy atom. The maximum Gasteiger partial charge on any atom is 0.0446 e. The molecule has 1 saturated heterocycles. The van der Waals surface area contributed by atoms with Gasteiger partial charge in [-0.05, 0) is 87.1 Å². The zero-order chi connectivity index (χ0) is 18.9. The molecule has 4 saturated carbocycles. The molecule has 0 amide bonds. The molecule has 4 aliphatic carbocycles. The van der Waals surface area contributed by atoms with Gasteiger partial charge in [0.25, 0.3) is 0 Å². The van der Waals surface area contributed by atoms with Crippen LogP contribution in [0.2, 0.25) is 0 Å². The number of aryl methyl sites for hydroxylation is 1. The van der Waals surface area contributed by atoms with Crippen LogP contribution in [0, 0.1) is 23.7 Å². The van der Waals surface area contributed by atoms with Gasteiger partial charge in [0.2, 0.25) is 0 Å². The van der Waals surface area contributed by atoms with Crippen molar-refractivity contribution in [2.75, 3.05) is 32.8 Å². The van der Waals surface area contributed by atoms with Gasteiger partial charge in [0, 0.05) is 38.3 Å². The fourth-order valence-corrected chi connectivity index (χ4v) is 7.53. The average Bonchev–Trinajstić information content (AvgIpc) is 2.70. The van der Waals surface area contributed by atoms with E-state index >= 15 is 0 Å². The molecule has 154 valence electrons. The maximum atomic E-state index is 9.69. The largest absolute Gasteiger partial charge is 0.396 e. The van der Waals surface area contributed by atoms with Crippen LogP contribution in [0.25, 0.3) is 0 Å². The van der Waals surface area contributed by atoms with Crippen molar-refractivity contribution in [2.24, 2.45) is 23.7 Å². The van der Waals surface area contributed by atoms with Crippen molar-refractivity contribution in [2.45, 2.75) is 63.5 Å². The smallest absolute Gasteiger partial charge is 0.0446 e. The van der Waals surface area contributed by atoms with Crippen molar-refractivity contribution in [3.05, 3.63) is 35.9 Å². The van der Waals surface area contributed by atoms with Crippen LogP contribution in [0.15, 0.2) is 30.3 Å². The van der Waals surface area contributed by atoms with Crippen molar-refractivity contribution < 1.29 is 5.11 Å². The van der Waals surface area contributed by atoms with Gasteiger partial charge in [-0.3, -0.25) is 9.80 Å². The molecule has 4 bridgehead atoms. The third-order valence-electron chi connectivity index (χ3n) is 8.45. The Morgan fingerprint density at radius 2 is 1.61 bits per heavy atom. The monoisotopic (exact) mass is 382 g/mol. The van der Waals surface area contributed by atoms with Gasteiger partial charge in [-0.1, -0.05) is 30.3 Å². The summed E-state index contributed by atoms with van der Waals surface area (Å²) >= 11 is 0. The van der Waals surface area contributed by atoms with Gasteiger partial charge in [0.1, 0.15) is 0 Å². The predicted octanol–water partition coefficient (Wildman–Crippen LogP) is 3.81. The molecule has 28 heavy (non-hydrogen) atoms. The molecule has 5 aliphatic rings. The van der Waals surface area contributed by atoms with E-state index in [1.54, 1.807) is 6.42 Å². The summed E-state index contributed by atoms with van der Waals surface area (Å²) in [7, 11) is 0. The number of piperazine rings is 1. The second kappa shape index (κ2) is 8.45. The summed E-state index contributed by atoms with van der Waals surface area (Å²) in [5.74, 6) is 4.09. The van der Waals surface area contributed by atoms with E-state index in [0.29, 0.717) is 12.6 Å². The minimum absolute atomic E-state index is 0.329. The van der Waals surface area contributed by atoms with Crippen LogP contribution >= 0.6 is 0 Å². The molecule has 1 heterocycles. The first-order valence-electron chi connectivity index (χ1n) is 11.9. The first-order chi connectivity index (χ1) is 13.8. The fourth-order valence-electron chi connectivity index (χ4n) is 7.53. The Hall–Kier alpha value is -0.900. The quantitative estimate of drug-likeness (QED) is 0.777. The fraction of sp³-hybridized carbons (Fsp3) is 0.760. The Balaban J connectivity index is 1.18. The highest BCUT2D eigenvalue weighted by atomic mass is 16.3. The molecule has 1 atom stereocenters. The first kappa shape index (κ1) is 19.1. The van der Waals surface area contributed by atoms with Crippen molar-refractivity contribution in [1.82, 2.24) is 9.80 Å². The minimum atomic E-state index is 0.329. The summed E-state index contributed by atoms with van der Waals surface area (Å²) in [6.07, 6.45) is 10.9. The molecule has 1 N–H and O–H groups in total. The summed E-state index contributed by atoms with van der Waals surface area (Å²) in [6, 6.07) is 12.3. The standard InChI is InChI=1S/C25H38N2O/c28-12-8-24-18-27(25-22-14-20-13-21(16-22)17-23(25)15-20)11-10-26(24)9-4-7-19-5-2-1-3-6-19/h1-3,5-6,20-25,28H,4,7-18H2. The molecule has 3 heteroatoms. The summed E-state index contributed by atoms with van der Waals surface area (Å²) < 4.78 is 0. The van der Waals surface area contributed by atoms with Gasteiger partial charge >= 0.3 is 0 Å². The lowest BCUT2D eigenvalue weighted by atomic mass is 9.53. The third-order valence-corrected chi connectivity index (χ3v) is 8.45. The highest BCUT2D eigenvalue weighted by Crippen LogP contribution is 2.55. The number of benzene rings is 1. The number of nitrogens with zero attached hydrogens (tertiary/aromatic N) is 2. The molecule has 0 radical (unpaired) electrons. The van der Waals surface area contributed by atoms with Gasteiger partial charge in [-0.15, -0.1) is 0 Å². The zero-order valence-electron chi connectivity index (χ0n) is 17.4. The van der Waals surface area contributed by atoms with E-state index in [-0.39, 0.29) is 0 Å². The molecule has 3 nitrogen and oxygen atoms in total. The molecule has 1 aromatic rings. The van der Waals surface area contributed by atoms with E-state index in [9.17, 15) is 5.11 Å². The second-order valence-electron chi connectivity index (χ2n) is 10.2. The second-order valence-corrected chi connectivity index (χ2v) is 10.2. The maximum absolute atomic E-state index is 9.69. The van der Waals surface area contributed by atoms with Gasteiger partial charge < -0.3 is 5.11 Å². The average molecular weight is 383 g/mol. The predicted molar refractivity (Wildman–Crippen MR) is 114 cm³/mol. The van der Waals surface area contributed by atoms with Crippen LogP contribution < -0.4 is 0 Å². The minimum Gasteiger partial charge on any atom is -0.396 e. The SMILES string of the molecule is OCCC1CN(C2C3CC4CC(C3)CC2C4)CCN1CCCc1ccccc1. The molecular formula is C25H38N2O. The van der Waals surface area contributed by atoms with Crippen molar-refractivity contribution in [3.8, 4) is 0 Å². The Morgan fingerprint density at radius 1 is 0.893 bits per heavy atom. The van der Waals surface area contributed by atoms with Gasteiger partial charge in [0.05, 0.1) is 0 Å². The number of rotatable bonds is 7. The topological polar surface area (TPSA) is 26.7 Å². The molecule has 1 aromatic carbocycles. The van der Waals surface area contributed by atoms with Gasteiger partial charge in [0.15, 0.2) is 0 Å². The molecule has 0 aromatic heterocycles. The van der Waals surface area contributed by atoms with E-state index < -0.39 is 0 Å². The molecular weight excluding hydrogens is 344 g/mol. The highest BCUT2D eigenvalue weighted by Gasteiger charge is 2.50. The normalized spacial score (nSPS) is 38.2. The van der Waals surface area contributed by atoms with Crippen molar-refractivity contribution in [1.29, 1.82) is 0 Å². The summed E-state index contributed by atoms with van der Waals surface area (Å²) in [5.41, 5.74) is 1.45. The first-order valence-corrected chi connectivity index (χ1v) is 11.9. The number of hydrogen-bond donors (Lipinski definition) is 1. The van der Waals surface area contributed by atoms with Crippen LogP contribution in [0.4, 0.5) is 0 Å². The van der Waals surface area contributed by atoms with Crippen LogP contribution in [0.3, 0.4) is 0 Å². The number of aliphatic hydroxyl groups excluding tert-OH is 1. The summed E-state index contributed by atoms with van der Waals surface area (Å²) in [5, 5.41) is 9.69. The molecule has 0 spiro atoms.